The van der Waals surface area contributed by atoms with Crippen molar-refractivity contribution in [1.29, 1.82) is 0 Å². The van der Waals surface area contributed by atoms with E-state index in [2.05, 4.69) is 4.98 Å². The number of carbonyl (C=O) groups excluding carboxylic acids is 3. The number of halogens is 2. The number of nitrogens with zero attached hydrogens (tertiary/aromatic N) is 2. The zero-order chi connectivity index (χ0) is 27.1. The van der Waals surface area contributed by atoms with Crippen LogP contribution in [-0.4, -0.2) is 62.3 Å². The summed E-state index contributed by atoms with van der Waals surface area (Å²) in [6.45, 7) is -0.174. The Hall–Kier alpha value is -3.98. The number of ether oxygens (including phenoxy) is 3. The third-order valence-corrected chi connectivity index (χ3v) is 5.76. The Morgan fingerprint density at radius 2 is 1.57 bits per heavy atom. The molecule has 1 amide bonds. The zero-order valence-electron chi connectivity index (χ0n) is 20.8. The smallest absolute Gasteiger partial charge is 0.259 e. The highest BCUT2D eigenvalue weighted by Crippen LogP contribution is 2.32. The van der Waals surface area contributed by atoms with E-state index in [0.717, 1.165) is 0 Å². The van der Waals surface area contributed by atoms with Crippen molar-refractivity contribution in [3.05, 3.63) is 70.6 Å². The minimum atomic E-state index is -0.576. The summed E-state index contributed by atoms with van der Waals surface area (Å²) in [5, 5.41) is -0.0835. The first kappa shape index (κ1) is 27.6. The lowest BCUT2D eigenvalue weighted by molar-refractivity contribution is -0.130. The summed E-state index contributed by atoms with van der Waals surface area (Å²) in [6, 6.07) is 11.8. The SMILES string of the molecule is COc1cc(C(=O)CCC(=O)c2ccc(OC)c(-c3ccc(F)c(Cl)c3)n2)ccc1OCC(=O)N(C)C. The molecular weight excluding hydrogens is 503 g/mol. The van der Waals surface area contributed by atoms with Crippen molar-refractivity contribution in [1.82, 2.24) is 9.88 Å². The fourth-order valence-electron chi connectivity index (χ4n) is 3.34. The Bertz CT molecular complexity index is 1330. The standard InChI is InChI=1S/C27H26ClFN2O6/c1-31(2)26(34)15-37-23-11-6-16(14-25(23)36-4)21(32)9-10-22(33)20-8-12-24(35-3)27(30-20)17-5-7-19(29)18(28)13-17/h5-8,11-14H,9-10,15H2,1-4H3. The number of hydrogen-bond acceptors (Lipinski definition) is 7. The predicted molar refractivity (Wildman–Crippen MR) is 136 cm³/mol. The van der Waals surface area contributed by atoms with Crippen LogP contribution < -0.4 is 14.2 Å². The molecule has 1 heterocycles. The first-order valence-electron chi connectivity index (χ1n) is 11.2. The van der Waals surface area contributed by atoms with Crippen LogP contribution in [0, 0.1) is 5.82 Å². The molecule has 3 rings (SSSR count). The molecule has 0 aliphatic carbocycles. The van der Waals surface area contributed by atoms with Crippen LogP contribution in [0.3, 0.4) is 0 Å². The Labute approximate surface area is 218 Å². The molecule has 0 spiro atoms. The van der Waals surface area contributed by atoms with E-state index in [1.54, 1.807) is 32.3 Å². The summed E-state index contributed by atoms with van der Waals surface area (Å²) in [5.41, 5.74) is 1.28. The maximum absolute atomic E-state index is 13.6. The van der Waals surface area contributed by atoms with Crippen molar-refractivity contribution in [2.45, 2.75) is 12.8 Å². The molecule has 1 aromatic heterocycles. The topological polar surface area (TPSA) is 95.0 Å². The third-order valence-electron chi connectivity index (χ3n) is 5.47. The van der Waals surface area contributed by atoms with Gasteiger partial charge in [-0.15, -0.1) is 0 Å². The van der Waals surface area contributed by atoms with Gasteiger partial charge in [-0.3, -0.25) is 14.4 Å². The van der Waals surface area contributed by atoms with Crippen molar-refractivity contribution in [3.8, 4) is 28.5 Å². The molecule has 0 unspecified atom stereocenters. The van der Waals surface area contributed by atoms with Crippen molar-refractivity contribution >= 4 is 29.1 Å². The van der Waals surface area contributed by atoms with Gasteiger partial charge < -0.3 is 19.1 Å². The first-order chi connectivity index (χ1) is 17.6. The van der Waals surface area contributed by atoms with Crippen LogP contribution in [0.1, 0.15) is 33.7 Å². The summed E-state index contributed by atoms with van der Waals surface area (Å²) in [5.74, 6) is -0.422. The number of pyridine rings is 1. The second-order valence-corrected chi connectivity index (χ2v) is 8.57. The minimum Gasteiger partial charge on any atom is -0.494 e. The summed E-state index contributed by atoms with van der Waals surface area (Å²) < 4.78 is 29.7. The Morgan fingerprint density at radius 3 is 2.22 bits per heavy atom. The Kier molecular flexibility index (Phi) is 9.19. The number of Topliss-reactive ketones (excluding diaryl/α,β-unsaturated/α-hetero) is 2. The van der Waals surface area contributed by atoms with Crippen LogP contribution >= 0.6 is 11.6 Å². The fraction of sp³-hybridized carbons (Fsp3) is 0.259. The monoisotopic (exact) mass is 528 g/mol. The summed E-state index contributed by atoms with van der Waals surface area (Å²) in [4.78, 5) is 43.2. The highest BCUT2D eigenvalue weighted by molar-refractivity contribution is 6.31. The van der Waals surface area contributed by atoms with E-state index in [0.29, 0.717) is 34.1 Å². The lowest BCUT2D eigenvalue weighted by atomic mass is 10.0. The number of likely N-dealkylation sites (N-methyl/N-ethyl adjacent to an activating group) is 1. The van der Waals surface area contributed by atoms with Crippen LogP contribution in [-0.2, 0) is 4.79 Å². The van der Waals surface area contributed by atoms with Gasteiger partial charge in [0.25, 0.3) is 5.91 Å². The number of methoxy groups -OCH3 is 2. The van der Waals surface area contributed by atoms with Crippen molar-refractivity contribution in [2.75, 3.05) is 34.9 Å². The van der Waals surface area contributed by atoms with E-state index in [1.807, 2.05) is 0 Å². The van der Waals surface area contributed by atoms with Crippen molar-refractivity contribution < 1.29 is 33.0 Å². The molecule has 0 radical (unpaired) electrons. The van der Waals surface area contributed by atoms with Crippen molar-refractivity contribution in [2.24, 2.45) is 0 Å². The molecule has 0 saturated heterocycles. The first-order valence-corrected chi connectivity index (χ1v) is 11.6. The van der Waals surface area contributed by atoms with E-state index < -0.39 is 5.82 Å². The predicted octanol–water partition coefficient (Wildman–Crippen LogP) is 4.87. The lowest BCUT2D eigenvalue weighted by Gasteiger charge is -2.14. The number of hydrogen-bond donors (Lipinski definition) is 0. The highest BCUT2D eigenvalue weighted by Gasteiger charge is 2.18. The van der Waals surface area contributed by atoms with Gasteiger partial charge in [0.2, 0.25) is 0 Å². The molecule has 0 saturated carbocycles. The second-order valence-electron chi connectivity index (χ2n) is 8.17. The van der Waals surface area contributed by atoms with E-state index in [1.165, 1.54) is 49.5 Å². The molecule has 0 aliphatic heterocycles. The van der Waals surface area contributed by atoms with Gasteiger partial charge in [0.1, 0.15) is 23.0 Å². The third kappa shape index (κ3) is 6.83. The number of aromatic nitrogens is 1. The average Bonchev–Trinajstić information content (AvgIpc) is 2.90. The van der Waals surface area contributed by atoms with Gasteiger partial charge in [-0.25, -0.2) is 9.37 Å². The Balaban J connectivity index is 1.71. The highest BCUT2D eigenvalue weighted by atomic mass is 35.5. The number of ketones is 2. The zero-order valence-corrected chi connectivity index (χ0v) is 21.6. The van der Waals surface area contributed by atoms with Crippen LogP contribution in [0.5, 0.6) is 17.2 Å². The normalized spacial score (nSPS) is 10.5. The average molecular weight is 529 g/mol. The Morgan fingerprint density at radius 1 is 0.892 bits per heavy atom. The van der Waals surface area contributed by atoms with Crippen LogP contribution in [0.25, 0.3) is 11.3 Å². The van der Waals surface area contributed by atoms with Crippen molar-refractivity contribution in [3.63, 3.8) is 0 Å². The molecule has 2 aromatic carbocycles. The lowest BCUT2D eigenvalue weighted by Crippen LogP contribution is -2.27. The number of benzene rings is 2. The molecule has 0 bridgehead atoms. The number of carbonyl (C=O) groups is 3. The van der Waals surface area contributed by atoms with Crippen LogP contribution in [0.15, 0.2) is 48.5 Å². The molecule has 0 atom stereocenters. The maximum atomic E-state index is 13.6. The van der Waals surface area contributed by atoms with Gasteiger partial charge >= 0.3 is 0 Å². The molecule has 8 nitrogen and oxygen atoms in total. The van der Waals surface area contributed by atoms with Gasteiger partial charge in [-0.05, 0) is 48.5 Å². The molecule has 0 fully saturated rings. The summed E-state index contributed by atoms with van der Waals surface area (Å²) >= 11 is 5.90. The largest absolute Gasteiger partial charge is 0.494 e. The maximum Gasteiger partial charge on any atom is 0.259 e. The van der Waals surface area contributed by atoms with Gasteiger partial charge in [-0.1, -0.05) is 11.6 Å². The van der Waals surface area contributed by atoms with Gasteiger partial charge in [0.05, 0.1) is 19.2 Å². The molecule has 0 N–H and O–H groups in total. The quantitative estimate of drug-likeness (QED) is 0.328. The molecule has 37 heavy (non-hydrogen) atoms. The molecular formula is C27H26ClFN2O6. The van der Waals surface area contributed by atoms with E-state index >= 15 is 0 Å². The fourth-order valence-corrected chi connectivity index (χ4v) is 3.53. The van der Waals surface area contributed by atoms with E-state index in [9.17, 15) is 18.8 Å². The van der Waals surface area contributed by atoms with E-state index in [4.69, 9.17) is 25.8 Å². The molecule has 10 heteroatoms. The van der Waals surface area contributed by atoms with Gasteiger partial charge in [0.15, 0.2) is 29.7 Å². The number of rotatable bonds is 11. The number of amides is 1. The molecule has 194 valence electrons. The van der Waals surface area contributed by atoms with Crippen LogP contribution in [0.4, 0.5) is 4.39 Å². The summed E-state index contributed by atoms with van der Waals surface area (Å²) in [7, 11) is 6.12. The second kappa shape index (κ2) is 12.3. The molecule has 3 aromatic rings. The van der Waals surface area contributed by atoms with Crippen LogP contribution in [0.2, 0.25) is 5.02 Å². The van der Waals surface area contributed by atoms with Gasteiger partial charge in [0, 0.05) is 38.1 Å². The summed E-state index contributed by atoms with van der Waals surface area (Å²) in [6.07, 6.45) is -0.146. The van der Waals surface area contributed by atoms with E-state index in [-0.39, 0.29) is 47.6 Å². The molecule has 0 aliphatic rings. The van der Waals surface area contributed by atoms with Gasteiger partial charge in [-0.2, -0.15) is 0 Å². The minimum absolute atomic E-state index is 0.0628.